The van der Waals surface area contributed by atoms with Crippen molar-refractivity contribution in [1.29, 1.82) is 0 Å². The molecule has 0 spiro atoms. The summed E-state index contributed by atoms with van der Waals surface area (Å²) in [7, 11) is 0. The fourth-order valence-corrected chi connectivity index (χ4v) is 1.98. The lowest BCUT2D eigenvalue weighted by atomic mass is 10.0. The third kappa shape index (κ3) is 3.20. The van der Waals surface area contributed by atoms with Crippen molar-refractivity contribution in [2.75, 3.05) is 10.6 Å². The SMILES string of the molecule is C=CCC(N)C(=O)Nc1ccc2c(c1)CCC(=O)N2. The lowest BCUT2D eigenvalue weighted by Gasteiger charge is -2.18. The molecule has 1 aliphatic rings. The second-order valence-corrected chi connectivity index (χ2v) is 4.54. The number of hydrogen-bond donors (Lipinski definition) is 3. The van der Waals surface area contributed by atoms with Gasteiger partial charge in [0.25, 0.3) is 0 Å². The Balaban J connectivity index is 2.08. The first kappa shape index (κ1) is 13.3. The second-order valence-electron chi connectivity index (χ2n) is 4.54. The van der Waals surface area contributed by atoms with E-state index in [0.717, 1.165) is 11.3 Å². The van der Waals surface area contributed by atoms with Crippen molar-refractivity contribution in [3.8, 4) is 0 Å². The normalized spacial score (nSPS) is 15.1. The number of amides is 2. The maximum atomic E-state index is 11.8. The highest BCUT2D eigenvalue weighted by Gasteiger charge is 2.16. The zero-order chi connectivity index (χ0) is 13.8. The number of carbonyl (C=O) groups excluding carboxylic acids is 2. The number of fused-ring (bicyclic) bond motifs is 1. The fraction of sp³-hybridized carbons (Fsp3) is 0.286. The first-order valence-corrected chi connectivity index (χ1v) is 6.20. The van der Waals surface area contributed by atoms with Gasteiger partial charge in [-0.2, -0.15) is 0 Å². The molecule has 0 aromatic heterocycles. The Bertz CT molecular complexity index is 525. The first-order valence-electron chi connectivity index (χ1n) is 6.20. The van der Waals surface area contributed by atoms with Crippen LogP contribution in [0, 0.1) is 0 Å². The summed E-state index contributed by atoms with van der Waals surface area (Å²) in [5.74, 6) is -0.211. The molecule has 1 unspecified atom stereocenters. The molecule has 100 valence electrons. The first-order chi connectivity index (χ1) is 9.10. The smallest absolute Gasteiger partial charge is 0.241 e. The van der Waals surface area contributed by atoms with Gasteiger partial charge in [0.1, 0.15) is 0 Å². The van der Waals surface area contributed by atoms with E-state index in [1.807, 2.05) is 6.07 Å². The Morgan fingerprint density at radius 3 is 3.05 bits per heavy atom. The largest absolute Gasteiger partial charge is 0.326 e. The molecule has 1 aromatic rings. The molecule has 0 saturated heterocycles. The lowest BCUT2D eigenvalue weighted by molar-refractivity contribution is -0.117. The molecule has 2 rings (SSSR count). The van der Waals surface area contributed by atoms with E-state index in [-0.39, 0.29) is 11.8 Å². The summed E-state index contributed by atoms with van der Waals surface area (Å²) < 4.78 is 0. The summed E-state index contributed by atoms with van der Waals surface area (Å²) >= 11 is 0. The molecular formula is C14H17N3O2. The highest BCUT2D eigenvalue weighted by molar-refractivity contribution is 5.97. The molecule has 0 fully saturated rings. The van der Waals surface area contributed by atoms with Crippen LogP contribution in [-0.2, 0) is 16.0 Å². The Labute approximate surface area is 111 Å². The van der Waals surface area contributed by atoms with Crippen LogP contribution in [0.4, 0.5) is 11.4 Å². The summed E-state index contributed by atoms with van der Waals surface area (Å²) in [6.07, 6.45) is 3.21. The van der Waals surface area contributed by atoms with E-state index < -0.39 is 6.04 Å². The predicted octanol–water partition coefficient (Wildman–Crippen LogP) is 1.41. The van der Waals surface area contributed by atoms with Crippen molar-refractivity contribution >= 4 is 23.2 Å². The van der Waals surface area contributed by atoms with Gasteiger partial charge in [-0.05, 0) is 36.6 Å². The summed E-state index contributed by atoms with van der Waals surface area (Å²) in [4.78, 5) is 23.0. The van der Waals surface area contributed by atoms with Crippen molar-refractivity contribution in [2.45, 2.75) is 25.3 Å². The minimum Gasteiger partial charge on any atom is -0.326 e. The topological polar surface area (TPSA) is 84.2 Å². The lowest BCUT2D eigenvalue weighted by Crippen LogP contribution is -2.35. The monoisotopic (exact) mass is 259 g/mol. The van der Waals surface area contributed by atoms with Crippen LogP contribution in [0.1, 0.15) is 18.4 Å². The van der Waals surface area contributed by atoms with Gasteiger partial charge in [-0.25, -0.2) is 0 Å². The van der Waals surface area contributed by atoms with Crippen LogP contribution >= 0.6 is 0 Å². The molecule has 1 atom stereocenters. The molecule has 1 aliphatic heterocycles. The number of aryl methyl sites for hydroxylation is 1. The Morgan fingerprint density at radius 1 is 1.53 bits per heavy atom. The summed E-state index contributed by atoms with van der Waals surface area (Å²) in [5, 5.41) is 5.56. The van der Waals surface area contributed by atoms with E-state index in [2.05, 4.69) is 17.2 Å². The van der Waals surface area contributed by atoms with Gasteiger partial charge in [0.05, 0.1) is 6.04 Å². The summed E-state index contributed by atoms with van der Waals surface area (Å²) in [5.41, 5.74) is 8.22. The molecular weight excluding hydrogens is 242 g/mol. The molecule has 5 nitrogen and oxygen atoms in total. The molecule has 0 aliphatic carbocycles. The molecule has 5 heteroatoms. The minimum absolute atomic E-state index is 0.0253. The van der Waals surface area contributed by atoms with Gasteiger partial charge in [0.2, 0.25) is 11.8 Å². The molecule has 1 heterocycles. The maximum Gasteiger partial charge on any atom is 0.241 e. The zero-order valence-electron chi connectivity index (χ0n) is 10.6. The van der Waals surface area contributed by atoms with E-state index in [0.29, 0.717) is 24.9 Å². The van der Waals surface area contributed by atoms with Crippen LogP contribution in [-0.4, -0.2) is 17.9 Å². The van der Waals surface area contributed by atoms with Gasteiger partial charge in [-0.1, -0.05) is 6.08 Å². The number of nitrogens with two attached hydrogens (primary N) is 1. The van der Waals surface area contributed by atoms with Gasteiger partial charge in [-0.15, -0.1) is 6.58 Å². The van der Waals surface area contributed by atoms with Crippen LogP contribution in [0.25, 0.3) is 0 Å². The van der Waals surface area contributed by atoms with Crippen LogP contribution in [0.2, 0.25) is 0 Å². The molecule has 2 amide bonds. The van der Waals surface area contributed by atoms with E-state index in [1.54, 1.807) is 18.2 Å². The third-order valence-corrected chi connectivity index (χ3v) is 3.03. The number of hydrogen-bond acceptors (Lipinski definition) is 3. The van der Waals surface area contributed by atoms with Crippen molar-refractivity contribution < 1.29 is 9.59 Å². The average molecular weight is 259 g/mol. The zero-order valence-corrected chi connectivity index (χ0v) is 10.6. The maximum absolute atomic E-state index is 11.8. The third-order valence-electron chi connectivity index (χ3n) is 3.03. The number of benzene rings is 1. The van der Waals surface area contributed by atoms with E-state index >= 15 is 0 Å². The van der Waals surface area contributed by atoms with Crippen LogP contribution < -0.4 is 16.4 Å². The number of rotatable bonds is 4. The standard InChI is InChI=1S/C14H17N3O2/c1-2-3-11(15)14(19)16-10-5-6-12-9(8-10)4-7-13(18)17-12/h2,5-6,8,11H,1,3-4,7,15H2,(H,16,19)(H,17,18). The van der Waals surface area contributed by atoms with Gasteiger partial charge in [0, 0.05) is 17.8 Å². The van der Waals surface area contributed by atoms with E-state index in [4.69, 9.17) is 5.73 Å². The van der Waals surface area contributed by atoms with Crippen molar-refractivity contribution in [3.63, 3.8) is 0 Å². The highest BCUT2D eigenvalue weighted by atomic mass is 16.2. The summed E-state index contributed by atoms with van der Waals surface area (Å²) in [6, 6.07) is 4.82. The average Bonchev–Trinajstić information content (AvgIpc) is 2.39. The highest BCUT2D eigenvalue weighted by Crippen LogP contribution is 2.25. The van der Waals surface area contributed by atoms with Crippen molar-refractivity contribution in [2.24, 2.45) is 5.73 Å². The van der Waals surface area contributed by atoms with E-state index in [1.165, 1.54) is 0 Å². The van der Waals surface area contributed by atoms with Gasteiger partial charge < -0.3 is 16.4 Å². The molecule has 1 aromatic carbocycles. The number of nitrogens with one attached hydrogen (secondary N) is 2. The second kappa shape index (κ2) is 5.67. The predicted molar refractivity (Wildman–Crippen MR) is 74.8 cm³/mol. The van der Waals surface area contributed by atoms with Crippen LogP contribution in [0.5, 0.6) is 0 Å². The number of anilines is 2. The van der Waals surface area contributed by atoms with Crippen LogP contribution in [0.15, 0.2) is 30.9 Å². The minimum atomic E-state index is -0.590. The van der Waals surface area contributed by atoms with E-state index in [9.17, 15) is 9.59 Å². The Morgan fingerprint density at radius 2 is 2.32 bits per heavy atom. The van der Waals surface area contributed by atoms with Gasteiger partial charge in [-0.3, -0.25) is 9.59 Å². The molecule has 0 saturated carbocycles. The van der Waals surface area contributed by atoms with Crippen LogP contribution in [0.3, 0.4) is 0 Å². The molecule has 0 bridgehead atoms. The summed E-state index contributed by atoms with van der Waals surface area (Å²) in [6.45, 7) is 3.55. The fourth-order valence-electron chi connectivity index (χ4n) is 1.98. The Hall–Kier alpha value is -2.14. The van der Waals surface area contributed by atoms with Gasteiger partial charge >= 0.3 is 0 Å². The number of carbonyl (C=O) groups is 2. The van der Waals surface area contributed by atoms with Gasteiger partial charge in [0.15, 0.2) is 0 Å². The van der Waals surface area contributed by atoms with Crippen molar-refractivity contribution in [1.82, 2.24) is 0 Å². The quantitative estimate of drug-likeness (QED) is 0.715. The van der Waals surface area contributed by atoms with Crippen molar-refractivity contribution in [3.05, 3.63) is 36.4 Å². The molecule has 4 N–H and O–H groups in total. The molecule has 19 heavy (non-hydrogen) atoms. The molecule has 0 radical (unpaired) electrons. The Kier molecular flexibility index (Phi) is 3.97.